The maximum atomic E-state index is 11.6. The zero-order valence-corrected chi connectivity index (χ0v) is 23.8. The summed E-state index contributed by atoms with van der Waals surface area (Å²) < 4.78 is 11.3. The number of fused-ring (bicyclic) bond motifs is 1. The van der Waals surface area contributed by atoms with Crippen LogP contribution in [0.2, 0.25) is 5.02 Å². The van der Waals surface area contributed by atoms with E-state index in [9.17, 15) is 30.3 Å². The smallest absolute Gasteiger partial charge is 0.335 e. The van der Waals surface area contributed by atoms with Crippen molar-refractivity contribution >= 4 is 34.8 Å². The van der Waals surface area contributed by atoms with Gasteiger partial charge in [0.2, 0.25) is 5.88 Å². The second kappa shape index (κ2) is 13.3. The predicted molar refractivity (Wildman–Crippen MR) is 161 cm³/mol. The van der Waals surface area contributed by atoms with E-state index in [1.165, 1.54) is 19.2 Å². The summed E-state index contributed by atoms with van der Waals surface area (Å²) in [7, 11) is 1.53. The average molecular weight is 594 g/mol. The SMILES string of the molecule is COc1cccc(C(C(C#N)=CC=CC=C2Oc3ccc(Cl)cc3N2Cc2cc(C(=O)O)cc(C(=O)O)c2)=C(C)C#N)c1. The van der Waals surface area contributed by atoms with E-state index in [1.54, 1.807) is 78.6 Å². The quantitative estimate of drug-likeness (QED) is 0.198. The van der Waals surface area contributed by atoms with E-state index in [2.05, 4.69) is 12.1 Å². The number of rotatable bonds is 9. The fourth-order valence-electron chi connectivity index (χ4n) is 4.45. The van der Waals surface area contributed by atoms with Crippen LogP contribution in [-0.4, -0.2) is 29.3 Å². The molecule has 10 heteroatoms. The number of allylic oxidation sites excluding steroid dienone is 7. The van der Waals surface area contributed by atoms with Gasteiger partial charge in [0, 0.05) is 16.2 Å². The lowest BCUT2D eigenvalue weighted by atomic mass is 9.94. The molecular weight excluding hydrogens is 570 g/mol. The minimum Gasteiger partial charge on any atom is -0.497 e. The molecule has 0 spiro atoms. The van der Waals surface area contributed by atoms with Gasteiger partial charge in [0.1, 0.15) is 5.75 Å². The summed E-state index contributed by atoms with van der Waals surface area (Å²) in [6.07, 6.45) is 6.49. The molecule has 2 N–H and O–H groups in total. The van der Waals surface area contributed by atoms with E-state index >= 15 is 0 Å². The lowest BCUT2D eigenvalue weighted by molar-refractivity contribution is 0.0696. The Labute approximate surface area is 252 Å². The number of nitriles is 2. The molecule has 0 amide bonds. The highest BCUT2D eigenvalue weighted by atomic mass is 35.5. The van der Waals surface area contributed by atoms with E-state index in [0.717, 1.165) is 6.07 Å². The summed E-state index contributed by atoms with van der Waals surface area (Å²) in [5.41, 5.74) is 2.44. The molecule has 4 rings (SSSR count). The van der Waals surface area contributed by atoms with Crippen LogP contribution in [0, 0.1) is 22.7 Å². The molecule has 1 aliphatic heterocycles. The highest BCUT2D eigenvalue weighted by Crippen LogP contribution is 2.41. The Balaban J connectivity index is 1.71. The van der Waals surface area contributed by atoms with Crippen LogP contribution in [0.25, 0.3) is 5.57 Å². The van der Waals surface area contributed by atoms with Crippen LogP contribution < -0.4 is 14.4 Å². The molecule has 0 aromatic heterocycles. The number of carbonyl (C=O) groups is 2. The average Bonchev–Trinajstić information content (AvgIpc) is 3.33. The molecule has 0 atom stereocenters. The molecule has 1 heterocycles. The minimum absolute atomic E-state index is 0.0811. The largest absolute Gasteiger partial charge is 0.497 e. The third kappa shape index (κ3) is 6.94. The molecule has 0 unspecified atom stereocenters. The summed E-state index contributed by atoms with van der Waals surface area (Å²) >= 11 is 6.24. The Hall–Kier alpha value is -5.77. The van der Waals surface area contributed by atoms with Gasteiger partial charge in [-0.1, -0.05) is 35.9 Å². The van der Waals surface area contributed by atoms with Crippen molar-refractivity contribution in [3.8, 4) is 23.6 Å². The Kier molecular flexibility index (Phi) is 9.31. The van der Waals surface area contributed by atoms with Crippen LogP contribution in [0.4, 0.5) is 5.69 Å². The number of methoxy groups -OCH3 is 1. The first-order valence-electron chi connectivity index (χ1n) is 12.7. The van der Waals surface area contributed by atoms with Crippen LogP contribution in [0.5, 0.6) is 11.5 Å². The fraction of sp³-hybridized carbons (Fsp3) is 0.0909. The van der Waals surface area contributed by atoms with Gasteiger partial charge in [-0.2, -0.15) is 10.5 Å². The molecule has 0 aliphatic carbocycles. The molecule has 0 saturated carbocycles. The zero-order chi connectivity index (χ0) is 31.1. The number of nitrogens with zero attached hydrogens (tertiary/aromatic N) is 3. The van der Waals surface area contributed by atoms with E-state index in [0.29, 0.717) is 50.4 Å². The van der Waals surface area contributed by atoms with E-state index in [1.807, 2.05) is 0 Å². The van der Waals surface area contributed by atoms with Crippen molar-refractivity contribution < 1.29 is 29.3 Å². The molecule has 3 aromatic rings. The van der Waals surface area contributed by atoms with Gasteiger partial charge in [0.25, 0.3) is 0 Å². The number of halogens is 1. The topological polar surface area (TPSA) is 144 Å². The first kappa shape index (κ1) is 30.2. The number of hydrogen-bond donors (Lipinski definition) is 2. The minimum atomic E-state index is -1.25. The van der Waals surface area contributed by atoms with Crippen molar-refractivity contribution in [2.75, 3.05) is 12.0 Å². The Morgan fingerprint density at radius 1 is 0.977 bits per heavy atom. The van der Waals surface area contributed by atoms with E-state index in [-0.39, 0.29) is 23.2 Å². The van der Waals surface area contributed by atoms with Gasteiger partial charge < -0.3 is 24.6 Å². The van der Waals surface area contributed by atoms with Gasteiger partial charge in [-0.25, -0.2) is 9.59 Å². The van der Waals surface area contributed by atoms with Crippen LogP contribution >= 0.6 is 11.6 Å². The number of benzene rings is 3. The van der Waals surface area contributed by atoms with Crippen molar-refractivity contribution in [1.29, 1.82) is 10.5 Å². The highest BCUT2D eigenvalue weighted by Gasteiger charge is 2.27. The fourth-order valence-corrected chi connectivity index (χ4v) is 4.62. The standard InChI is InChI=1S/C33H24ClN3O6/c1-20(17-35)31(22-7-5-8-27(15-22)42-2)23(18-36)6-3-4-9-30-37(28-16-26(34)10-11-29(28)43-30)19-21-12-24(32(38)39)14-25(13-21)33(40)41/h3-16H,19H2,1-2H3,(H,38,39)(H,40,41). The highest BCUT2D eigenvalue weighted by molar-refractivity contribution is 6.31. The van der Waals surface area contributed by atoms with Gasteiger partial charge >= 0.3 is 11.9 Å². The molecule has 1 aliphatic rings. The number of hydrogen-bond acceptors (Lipinski definition) is 7. The van der Waals surface area contributed by atoms with Gasteiger partial charge in [-0.15, -0.1) is 0 Å². The molecule has 43 heavy (non-hydrogen) atoms. The van der Waals surface area contributed by atoms with Crippen LogP contribution in [0.3, 0.4) is 0 Å². The molecule has 9 nitrogen and oxygen atoms in total. The number of aromatic carboxylic acids is 2. The summed E-state index contributed by atoms with van der Waals surface area (Å²) in [6.45, 7) is 1.71. The van der Waals surface area contributed by atoms with Crippen molar-refractivity contribution in [2.45, 2.75) is 13.5 Å². The lowest BCUT2D eigenvalue weighted by Gasteiger charge is -2.19. The van der Waals surface area contributed by atoms with Gasteiger partial charge in [0.15, 0.2) is 5.75 Å². The van der Waals surface area contributed by atoms with Crippen molar-refractivity contribution in [2.24, 2.45) is 0 Å². The maximum Gasteiger partial charge on any atom is 0.335 e. The predicted octanol–water partition coefficient (Wildman–Crippen LogP) is 6.99. The van der Waals surface area contributed by atoms with Gasteiger partial charge in [-0.05, 0) is 78.7 Å². The third-order valence-corrected chi connectivity index (χ3v) is 6.66. The third-order valence-electron chi connectivity index (χ3n) is 6.42. The van der Waals surface area contributed by atoms with Crippen molar-refractivity contribution in [1.82, 2.24) is 0 Å². The van der Waals surface area contributed by atoms with Crippen molar-refractivity contribution in [3.05, 3.63) is 129 Å². The number of ether oxygens (including phenoxy) is 2. The summed E-state index contributed by atoms with van der Waals surface area (Å²) in [6, 6.07) is 20.3. The molecule has 0 fully saturated rings. The van der Waals surface area contributed by atoms with Crippen LogP contribution in [-0.2, 0) is 6.54 Å². The first-order valence-corrected chi connectivity index (χ1v) is 13.1. The van der Waals surface area contributed by atoms with Gasteiger partial charge in [0.05, 0.1) is 48.2 Å². The number of anilines is 1. The summed E-state index contributed by atoms with van der Waals surface area (Å²) in [5.74, 6) is -1.06. The zero-order valence-electron chi connectivity index (χ0n) is 23.0. The van der Waals surface area contributed by atoms with Gasteiger partial charge in [-0.3, -0.25) is 0 Å². The second-order valence-electron chi connectivity index (χ2n) is 9.25. The number of carboxylic acids is 2. The molecule has 0 radical (unpaired) electrons. The Morgan fingerprint density at radius 2 is 1.70 bits per heavy atom. The molecule has 3 aromatic carbocycles. The van der Waals surface area contributed by atoms with E-state index < -0.39 is 11.9 Å². The molecular formula is C33H24ClN3O6. The second-order valence-corrected chi connectivity index (χ2v) is 9.69. The van der Waals surface area contributed by atoms with Crippen LogP contribution in [0.1, 0.15) is 38.8 Å². The van der Waals surface area contributed by atoms with Crippen molar-refractivity contribution in [3.63, 3.8) is 0 Å². The summed E-state index contributed by atoms with van der Waals surface area (Å²) in [5, 5.41) is 39.0. The van der Waals surface area contributed by atoms with E-state index in [4.69, 9.17) is 21.1 Å². The first-order chi connectivity index (χ1) is 20.6. The lowest BCUT2D eigenvalue weighted by Crippen LogP contribution is -2.20. The molecule has 214 valence electrons. The van der Waals surface area contributed by atoms with Crippen LogP contribution in [0.15, 0.2) is 102 Å². The Bertz CT molecular complexity index is 1790. The molecule has 0 bridgehead atoms. The summed E-state index contributed by atoms with van der Waals surface area (Å²) in [4.78, 5) is 25.0. The molecule has 0 saturated heterocycles. The Morgan fingerprint density at radius 3 is 2.33 bits per heavy atom. The maximum absolute atomic E-state index is 11.6. The normalized spacial score (nSPS) is 14.0. The number of carboxylic acid groups (broad SMARTS) is 2. The monoisotopic (exact) mass is 593 g/mol.